The summed E-state index contributed by atoms with van der Waals surface area (Å²) in [4.78, 5) is 31.7. The molecule has 0 unspecified atom stereocenters. The minimum atomic E-state index is -4.43. The number of Topliss-reactive ketones (excluding diaryl/α,β-unsaturated/α-hetero) is 1. The fraction of sp³-hybridized carbons (Fsp3) is 0.120. The first-order valence-electron chi connectivity index (χ1n) is 10.5. The molecule has 0 aliphatic rings. The van der Waals surface area contributed by atoms with Crippen LogP contribution in [0.5, 0.6) is 0 Å². The third-order valence-electron chi connectivity index (χ3n) is 5.13. The van der Waals surface area contributed by atoms with Crippen LogP contribution in [0.1, 0.15) is 38.9 Å². The van der Waals surface area contributed by atoms with Crippen LogP contribution in [0.15, 0.2) is 66.9 Å². The average Bonchev–Trinajstić information content (AvgIpc) is 3.23. The van der Waals surface area contributed by atoms with Gasteiger partial charge in [-0.15, -0.1) is 0 Å². The number of rotatable bonds is 6. The predicted octanol–water partition coefficient (Wildman–Crippen LogP) is 6.02. The molecule has 2 aromatic carbocycles. The van der Waals surface area contributed by atoms with Gasteiger partial charge in [-0.2, -0.15) is 13.2 Å². The SMILES string of the molecule is CC(=O)c1cc2cc(NC(=O)c3cccc(NC(=S)Cc4cccc(C(F)(F)F)c4)c3)cnc2[nH]1. The normalized spacial score (nSPS) is 11.3. The first kappa shape index (κ1) is 24.1. The zero-order valence-electron chi connectivity index (χ0n) is 18.4. The van der Waals surface area contributed by atoms with Gasteiger partial charge in [0, 0.05) is 30.0 Å². The van der Waals surface area contributed by atoms with Crippen molar-refractivity contribution in [2.45, 2.75) is 19.5 Å². The Balaban J connectivity index is 1.43. The minimum Gasteiger partial charge on any atom is -0.350 e. The predicted molar refractivity (Wildman–Crippen MR) is 132 cm³/mol. The van der Waals surface area contributed by atoms with E-state index in [1.165, 1.54) is 19.2 Å². The highest BCUT2D eigenvalue weighted by Gasteiger charge is 2.30. The standard InChI is InChI=1S/C25H19F3N4O2S/c1-14(33)21-12-17-11-20(13-29-23(17)32-21)31-24(34)16-5-3-7-19(10-16)30-22(35)9-15-4-2-6-18(8-15)25(26,27)28/h2-8,10-13H,9H2,1H3,(H,29,32)(H,30,35)(H,31,34). The van der Waals surface area contributed by atoms with Gasteiger partial charge in [-0.05, 0) is 42.0 Å². The molecule has 0 aliphatic heterocycles. The Hall–Kier alpha value is -4.05. The molecule has 6 nitrogen and oxygen atoms in total. The number of anilines is 2. The maximum absolute atomic E-state index is 12.9. The van der Waals surface area contributed by atoms with Crippen LogP contribution in [0.4, 0.5) is 24.5 Å². The number of aromatic nitrogens is 2. The summed E-state index contributed by atoms with van der Waals surface area (Å²) in [5.41, 5.74) is 1.98. The molecule has 0 saturated heterocycles. The second kappa shape index (κ2) is 9.67. The molecule has 0 atom stereocenters. The summed E-state index contributed by atoms with van der Waals surface area (Å²) in [7, 11) is 0. The van der Waals surface area contributed by atoms with Crippen LogP contribution in [0, 0.1) is 0 Å². The van der Waals surface area contributed by atoms with Crippen LogP contribution >= 0.6 is 12.2 Å². The van der Waals surface area contributed by atoms with Crippen LogP contribution in [-0.4, -0.2) is 26.6 Å². The molecule has 4 aromatic rings. The van der Waals surface area contributed by atoms with Crippen molar-refractivity contribution in [1.29, 1.82) is 0 Å². The molecule has 4 rings (SSSR count). The molecular weight excluding hydrogens is 477 g/mol. The van der Waals surface area contributed by atoms with Crippen molar-refractivity contribution < 1.29 is 22.8 Å². The Kier molecular flexibility index (Phi) is 6.65. The Morgan fingerprint density at radius 3 is 2.51 bits per heavy atom. The number of ketones is 1. The quantitative estimate of drug-likeness (QED) is 0.225. The molecular formula is C25H19F3N4O2S. The summed E-state index contributed by atoms with van der Waals surface area (Å²) in [6.45, 7) is 1.44. The molecule has 0 aliphatic carbocycles. The molecule has 0 fully saturated rings. The lowest BCUT2D eigenvalue weighted by molar-refractivity contribution is -0.137. The monoisotopic (exact) mass is 496 g/mol. The molecule has 0 radical (unpaired) electrons. The summed E-state index contributed by atoms with van der Waals surface area (Å²) in [6, 6.07) is 14.9. The topological polar surface area (TPSA) is 86.9 Å². The molecule has 2 aromatic heterocycles. The molecule has 3 N–H and O–H groups in total. The maximum Gasteiger partial charge on any atom is 0.416 e. The highest BCUT2D eigenvalue weighted by Crippen LogP contribution is 2.29. The fourth-order valence-electron chi connectivity index (χ4n) is 3.46. The van der Waals surface area contributed by atoms with Crippen LogP contribution in [0.2, 0.25) is 0 Å². The molecule has 178 valence electrons. The van der Waals surface area contributed by atoms with Gasteiger partial charge >= 0.3 is 6.18 Å². The van der Waals surface area contributed by atoms with Crippen molar-refractivity contribution in [3.63, 3.8) is 0 Å². The number of aromatic amines is 1. The molecule has 35 heavy (non-hydrogen) atoms. The minimum absolute atomic E-state index is 0.111. The maximum atomic E-state index is 12.9. The number of H-pyrrole nitrogens is 1. The van der Waals surface area contributed by atoms with Gasteiger partial charge in [-0.3, -0.25) is 9.59 Å². The van der Waals surface area contributed by atoms with Gasteiger partial charge in [0.2, 0.25) is 0 Å². The molecule has 2 heterocycles. The summed E-state index contributed by atoms with van der Waals surface area (Å²) < 4.78 is 38.8. The fourth-order valence-corrected chi connectivity index (χ4v) is 3.75. The molecule has 0 spiro atoms. The van der Waals surface area contributed by atoms with E-state index in [2.05, 4.69) is 20.6 Å². The van der Waals surface area contributed by atoms with Gasteiger partial charge in [0.05, 0.1) is 28.1 Å². The van der Waals surface area contributed by atoms with Crippen molar-refractivity contribution >= 4 is 51.3 Å². The highest BCUT2D eigenvalue weighted by atomic mass is 32.1. The van der Waals surface area contributed by atoms with Gasteiger partial charge in [-0.25, -0.2) is 4.98 Å². The number of hydrogen-bond acceptors (Lipinski definition) is 4. The lowest BCUT2D eigenvalue weighted by atomic mass is 10.1. The van der Waals surface area contributed by atoms with Crippen molar-refractivity contribution in [3.8, 4) is 0 Å². The number of alkyl halides is 3. The molecule has 1 amide bonds. The van der Waals surface area contributed by atoms with Crippen molar-refractivity contribution in [1.82, 2.24) is 9.97 Å². The van der Waals surface area contributed by atoms with Crippen molar-refractivity contribution in [2.75, 3.05) is 10.6 Å². The summed E-state index contributed by atoms with van der Waals surface area (Å²) >= 11 is 5.31. The van der Waals surface area contributed by atoms with Gasteiger partial charge in [0.25, 0.3) is 5.91 Å². The van der Waals surface area contributed by atoms with Crippen molar-refractivity contribution in [3.05, 3.63) is 89.2 Å². The van der Waals surface area contributed by atoms with Gasteiger partial charge in [-0.1, -0.05) is 36.5 Å². The second-order valence-corrected chi connectivity index (χ2v) is 8.35. The number of pyridine rings is 1. The summed E-state index contributed by atoms with van der Waals surface area (Å²) in [5, 5.41) is 6.41. The number of benzene rings is 2. The van der Waals surface area contributed by atoms with E-state index >= 15 is 0 Å². The zero-order valence-corrected chi connectivity index (χ0v) is 19.2. The number of nitrogens with one attached hydrogen (secondary N) is 3. The molecule has 10 heteroatoms. The molecule has 0 saturated carbocycles. The highest BCUT2D eigenvalue weighted by molar-refractivity contribution is 7.80. The summed E-state index contributed by atoms with van der Waals surface area (Å²) in [5.74, 6) is -0.509. The molecule has 0 bridgehead atoms. The Labute approximate surface area is 203 Å². The van der Waals surface area contributed by atoms with E-state index < -0.39 is 11.7 Å². The van der Waals surface area contributed by atoms with Crippen LogP contribution < -0.4 is 10.6 Å². The number of halogens is 3. The second-order valence-electron chi connectivity index (χ2n) is 7.86. The number of amides is 1. The average molecular weight is 497 g/mol. The van der Waals surface area contributed by atoms with Gasteiger partial charge < -0.3 is 15.6 Å². The van der Waals surface area contributed by atoms with E-state index in [4.69, 9.17) is 12.2 Å². The van der Waals surface area contributed by atoms with Crippen LogP contribution in [0.3, 0.4) is 0 Å². The van der Waals surface area contributed by atoms with E-state index in [1.807, 2.05) is 0 Å². The van der Waals surface area contributed by atoms with E-state index in [9.17, 15) is 22.8 Å². The Bertz CT molecular complexity index is 1450. The van der Waals surface area contributed by atoms with Crippen LogP contribution in [0.25, 0.3) is 11.0 Å². The van der Waals surface area contributed by atoms with Crippen LogP contribution in [-0.2, 0) is 12.6 Å². The largest absolute Gasteiger partial charge is 0.416 e. The lowest BCUT2D eigenvalue weighted by Crippen LogP contribution is -2.15. The van der Waals surface area contributed by atoms with E-state index in [1.54, 1.807) is 42.5 Å². The number of carbonyl (C=O) groups excluding carboxylic acids is 2. The number of nitrogens with zero attached hydrogens (tertiary/aromatic N) is 1. The van der Waals surface area contributed by atoms with E-state index in [-0.39, 0.29) is 18.1 Å². The first-order valence-corrected chi connectivity index (χ1v) is 10.9. The van der Waals surface area contributed by atoms with Crippen molar-refractivity contribution in [2.24, 2.45) is 0 Å². The third kappa shape index (κ3) is 5.90. The smallest absolute Gasteiger partial charge is 0.350 e. The first-order chi connectivity index (χ1) is 16.6. The Morgan fingerprint density at radius 2 is 1.77 bits per heavy atom. The Morgan fingerprint density at radius 1 is 1.00 bits per heavy atom. The number of hydrogen-bond donors (Lipinski definition) is 3. The number of carbonyl (C=O) groups is 2. The van der Waals surface area contributed by atoms with E-state index in [0.717, 1.165) is 12.1 Å². The third-order valence-corrected chi connectivity index (χ3v) is 5.38. The van der Waals surface area contributed by atoms with Gasteiger partial charge in [0.1, 0.15) is 5.65 Å². The van der Waals surface area contributed by atoms with Gasteiger partial charge in [0.15, 0.2) is 5.78 Å². The summed E-state index contributed by atoms with van der Waals surface area (Å²) in [6.07, 6.45) is -2.84. The zero-order chi connectivity index (χ0) is 25.2. The van der Waals surface area contributed by atoms with E-state index in [0.29, 0.717) is 44.2 Å². The number of fused-ring (bicyclic) bond motifs is 1. The lowest BCUT2D eigenvalue weighted by Gasteiger charge is -2.12. The number of thiocarbonyl (C=S) groups is 1.